The molecule has 0 saturated carbocycles. The molecule has 0 atom stereocenters. The molecule has 1 rings (SSSR count). The Morgan fingerprint density at radius 2 is 2.08 bits per heavy atom. The molecule has 1 nitrogen and oxygen atoms in total. The summed E-state index contributed by atoms with van der Waals surface area (Å²) in [6.45, 7) is 3.55. The first kappa shape index (κ1) is 9.07. The zero-order valence-corrected chi connectivity index (χ0v) is 7.51. The highest BCUT2D eigenvalue weighted by molar-refractivity contribution is 8.14. The van der Waals surface area contributed by atoms with Gasteiger partial charge in [0.05, 0.1) is 0 Å². The second-order valence-electron chi connectivity index (χ2n) is 2.25. The summed E-state index contributed by atoms with van der Waals surface area (Å²) in [5.74, 6) is 0.674. The van der Waals surface area contributed by atoms with Crippen LogP contribution in [-0.2, 0) is 0 Å². The first-order valence-corrected chi connectivity index (χ1v) is 4.66. The van der Waals surface area contributed by atoms with Gasteiger partial charge in [-0.25, -0.2) is 0 Å². The van der Waals surface area contributed by atoms with Gasteiger partial charge in [-0.05, 0) is 0 Å². The molecular formula is C10H10OS. The van der Waals surface area contributed by atoms with Gasteiger partial charge >= 0.3 is 0 Å². The third kappa shape index (κ3) is 2.55. The average Bonchev–Trinajstić information content (AvgIpc) is 2.15. The molecule has 12 heavy (non-hydrogen) atoms. The summed E-state index contributed by atoms with van der Waals surface area (Å²) in [6.07, 6.45) is 1.73. The predicted molar refractivity (Wildman–Crippen MR) is 53.4 cm³/mol. The molecule has 0 N–H and O–H groups in total. The summed E-state index contributed by atoms with van der Waals surface area (Å²) in [5.41, 5.74) is 0.754. The van der Waals surface area contributed by atoms with Gasteiger partial charge in [0.25, 0.3) is 0 Å². The minimum atomic E-state index is 0.107. The predicted octanol–water partition coefficient (Wildman–Crippen LogP) is 2.75. The summed E-state index contributed by atoms with van der Waals surface area (Å²) in [4.78, 5) is 11.3. The molecule has 0 radical (unpaired) electrons. The van der Waals surface area contributed by atoms with Crippen molar-refractivity contribution in [2.24, 2.45) is 0 Å². The lowest BCUT2D eigenvalue weighted by Gasteiger charge is -1.96. The highest BCUT2D eigenvalue weighted by atomic mass is 32.2. The summed E-state index contributed by atoms with van der Waals surface area (Å²) < 4.78 is 0. The summed E-state index contributed by atoms with van der Waals surface area (Å²) >= 11 is 1.27. The molecule has 0 aliphatic heterocycles. The standard InChI is InChI=1S/C10H10OS/c1-2-8-12-10(11)9-6-4-3-5-7-9/h2-7H,1,8H2. The maximum absolute atomic E-state index is 11.3. The van der Waals surface area contributed by atoms with E-state index in [-0.39, 0.29) is 5.12 Å². The second-order valence-corrected chi connectivity index (χ2v) is 3.25. The van der Waals surface area contributed by atoms with E-state index in [1.165, 1.54) is 11.8 Å². The van der Waals surface area contributed by atoms with Crippen LogP contribution < -0.4 is 0 Å². The molecule has 1 aromatic carbocycles. The fourth-order valence-corrected chi connectivity index (χ4v) is 1.36. The van der Waals surface area contributed by atoms with Gasteiger partial charge in [-0.15, -0.1) is 6.58 Å². The Labute approximate surface area is 76.5 Å². The SMILES string of the molecule is C=CCSC(=O)c1ccccc1. The Hall–Kier alpha value is -1.02. The van der Waals surface area contributed by atoms with Crippen LogP contribution in [0.15, 0.2) is 43.0 Å². The van der Waals surface area contributed by atoms with Crippen molar-refractivity contribution in [3.8, 4) is 0 Å². The van der Waals surface area contributed by atoms with Crippen LogP contribution in [-0.4, -0.2) is 10.9 Å². The molecule has 0 unspecified atom stereocenters. The molecule has 0 heterocycles. The van der Waals surface area contributed by atoms with Gasteiger partial charge in [-0.1, -0.05) is 48.2 Å². The number of carbonyl (C=O) groups excluding carboxylic acids is 1. The first-order chi connectivity index (χ1) is 5.84. The van der Waals surface area contributed by atoms with Gasteiger partial charge in [-0.3, -0.25) is 4.79 Å². The average molecular weight is 178 g/mol. The van der Waals surface area contributed by atoms with Crippen molar-refractivity contribution in [3.05, 3.63) is 48.6 Å². The minimum absolute atomic E-state index is 0.107. The van der Waals surface area contributed by atoms with Crippen molar-refractivity contribution in [2.75, 3.05) is 5.75 Å². The van der Waals surface area contributed by atoms with E-state index in [0.29, 0.717) is 5.75 Å². The third-order valence-electron chi connectivity index (χ3n) is 1.34. The first-order valence-electron chi connectivity index (χ1n) is 3.67. The number of carbonyl (C=O) groups is 1. The minimum Gasteiger partial charge on any atom is -0.282 e. The summed E-state index contributed by atoms with van der Waals surface area (Å²) in [5, 5.41) is 0.107. The topological polar surface area (TPSA) is 17.1 Å². The zero-order chi connectivity index (χ0) is 8.81. The second kappa shape index (κ2) is 4.78. The fraction of sp³-hybridized carbons (Fsp3) is 0.100. The van der Waals surface area contributed by atoms with E-state index in [0.717, 1.165) is 5.56 Å². The van der Waals surface area contributed by atoms with E-state index in [4.69, 9.17) is 0 Å². The number of hydrogen-bond donors (Lipinski definition) is 0. The van der Waals surface area contributed by atoms with Crippen LogP contribution in [0.2, 0.25) is 0 Å². The zero-order valence-electron chi connectivity index (χ0n) is 6.69. The van der Waals surface area contributed by atoms with Gasteiger partial charge in [-0.2, -0.15) is 0 Å². The van der Waals surface area contributed by atoms with E-state index in [2.05, 4.69) is 6.58 Å². The number of benzene rings is 1. The van der Waals surface area contributed by atoms with Crippen LogP contribution in [0.1, 0.15) is 10.4 Å². The molecule has 0 fully saturated rings. The monoisotopic (exact) mass is 178 g/mol. The maximum atomic E-state index is 11.3. The van der Waals surface area contributed by atoms with Crippen LogP contribution in [0.5, 0.6) is 0 Å². The van der Waals surface area contributed by atoms with Crippen molar-refractivity contribution in [1.29, 1.82) is 0 Å². The van der Waals surface area contributed by atoms with Gasteiger partial charge in [0.15, 0.2) is 0 Å². The molecule has 0 aromatic heterocycles. The molecule has 2 heteroatoms. The molecule has 62 valence electrons. The highest BCUT2D eigenvalue weighted by Crippen LogP contribution is 2.11. The molecule has 0 aliphatic rings. The van der Waals surface area contributed by atoms with Crippen molar-refractivity contribution < 1.29 is 4.79 Å². The summed E-state index contributed by atoms with van der Waals surface area (Å²) in [6, 6.07) is 9.26. The largest absolute Gasteiger partial charge is 0.282 e. The fourth-order valence-electron chi connectivity index (χ4n) is 0.792. The number of rotatable bonds is 3. The number of thioether (sulfide) groups is 1. The lowest BCUT2D eigenvalue weighted by atomic mass is 10.2. The van der Waals surface area contributed by atoms with Crippen LogP contribution in [0, 0.1) is 0 Å². The molecule has 0 bridgehead atoms. The number of hydrogen-bond acceptors (Lipinski definition) is 2. The van der Waals surface area contributed by atoms with E-state index >= 15 is 0 Å². The quantitative estimate of drug-likeness (QED) is 0.662. The highest BCUT2D eigenvalue weighted by Gasteiger charge is 2.02. The Morgan fingerprint density at radius 3 is 2.67 bits per heavy atom. The van der Waals surface area contributed by atoms with Crippen LogP contribution in [0.4, 0.5) is 0 Å². The van der Waals surface area contributed by atoms with Crippen molar-refractivity contribution >= 4 is 16.9 Å². The van der Waals surface area contributed by atoms with Gasteiger partial charge in [0, 0.05) is 11.3 Å². The molecular weight excluding hydrogens is 168 g/mol. The lowest BCUT2D eigenvalue weighted by Crippen LogP contribution is -1.92. The van der Waals surface area contributed by atoms with E-state index in [1.54, 1.807) is 6.08 Å². The molecule has 0 amide bonds. The van der Waals surface area contributed by atoms with Crippen LogP contribution in [0.25, 0.3) is 0 Å². The Morgan fingerprint density at radius 1 is 1.42 bits per heavy atom. The van der Waals surface area contributed by atoms with Crippen molar-refractivity contribution in [3.63, 3.8) is 0 Å². The van der Waals surface area contributed by atoms with E-state index < -0.39 is 0 Å². The maximum Gasteiger partial charge on any atom is 0.219 e. The van der Waals surface area contributed by atoms with Gasteiger partial charge in [0.2, 0.25) is 5.12 Å². The third-order valence-corrected chi connectivity index (χ3v) is 2.24. The molecule has 0 aliphatic carbocycles. The van der Waals surface area contributed by atoms with E-state index in [1.807, 2.05) is 30.3 Å². The van der Waals surface area contributed by atoms with Gasteiger partial charge < -0.3 is 0 Å². The van der Waals surface area contributed by atoms with Crippen LogP contribution in [0.3, 0.4) is 0 Å². The molecule has 0 spiro atoms. The van der Waals surface area contributed by atoms with Crippen LogP contribution >= 0.6 is 11.8 Å². The Bertz CT molecular complexity index is 266. The Kier molecular flexibility index (Phi) is 3.61. The normalized spacial score (nSPS) is 9.33. The van der Waals surface area contributed by atoms with E-state index in [9.17, 15) is 4.79 Å². The van der Waals surface area contributed by atoms with Crippen molar-refractivity contribution in [1.82, 2.24) is 0 Å². The summed E-state index contributed by atoms with van der Waals surface area (Å²) in [7, 11) is 0. The smallest absolute Gasteiger partial charge is 0.219 e. The molecule has 0 saturated heterocycles. The van der Waals surface area contributed by atoms with Gasteiger partial charge in [0.1, 0.15) is 0 Å². The van der Waals surface area contributed by atoms with Crippen molar-refractivity contribution in [2.45, 2.75) is 0 Å². The molecule has 1 aromatic rings. The lowest BCUT2D eigenvalue weighted by molar-refractivity contribution is 0.108. The Balaban J connectivity index is 2.59.